The molecule has 1 saturated heterocycles. The van der Waals surface area contributed by atoms with Crippen molar-refractivity contribution in [2.45, 2.75) is 45.1 Å². The van der Waals surface area contributed by atoms with Crippen molar-refractivity contribution < 1.29 is 4.79 Å². The molecule has 0 saturated carbocycles. The molecular weight excluding hydrogens is 209 g/mol. The molecule has 1 unspecified atom stereocenters. The Labute approximate surface area is 104 Å². The fourth-order valence-electron chi connectivity index (χ4n) is 2.41. The second-order valence-electron chi connectivity index (χ2n) is 4.72. The van der Waals surface area contributed by atoms with E-state index >= 15 is 0 Å². The van der Waals surface area contributed by atoms with E-state index in [1.165, 1.54) is 15.9 Å². The van der Waals surface area contributed by atoms with E-state index in [9.17, 15) is 4.79 Å². The van der Waals surface area contributed by atoms with Crippen molar-refractivity contribution >= 4 is 13.9 Å². The molecule has 2 radical (unpaired) electrons. The Kier molecular flexibility index (Phi) is 3.87. The third-order valence-electron chi connectivity index (χ3n) is 3.48. The molecule has 0 bridgehead atoms. The number of hydrogen-bond donors (Lipinski definition) is 0. The van der Waals surface area contributed by atoms with Gasteiger partial charge in [-0.2, -0.15) is 0 Å². The Bertz CT molecular complexity index is 405. The second kappa shape index (κ2) is 5.39. The van der Waals surface area contributed by atoms with Gasteiger partial charge < -0.3 is 4.81 Å². The summed E-state index contributed by atoms with van der Waals surface area (Å²) < 4.78 is 0. The van der Waals surface area contributed by atoms with Crippen molar-refractivity contribution in [2.75, 3.05) is 0 Å². The van der Waals surface area contributed by atoms with Crippen LogP contribution in [0, 0.1) is 0 Å². The number of rotatable bonds is 3. The van der Waals surface area contributed by atoms with Crippen LogP contribution in [0.2, 0.25) is 0 Å². The van der Waals surface area contributed by atoms with E-state index in [-0.39, 0.29) is 11.9 Å². The molecule has 0 aromatic heterocycles. The van der Waals surface area contributed by atoms with Gasteiger partial charge in [0.05, 0.1) is 0 Å². The molecule has 1 atom stereocenters. The number of hydrogen-bond acceptors (Lipinski definition) is 1. The summed E-state index contributed by atoms with van der Waals surface area (Å²) in [5.74, 6) is 0.0768. The molecule has 3 heteroatoms. The largest absolute Gasteiger partial charge is 0.394 e. The van der Waals surface area contributed by atoms with Gasteiger partial charge in [-0.1, -0.05) is 31.2 Å². The first-order valence-corrected chi connectivity index (χ1v) is 6.35. The normalized spacial score (nSPS) is 20.6. The summed E-state index contributed by atoms with van der Waals surface area (Å²) in [6, 6.07) is 8.72. The van der Waals surface area contributed by atoms with Gasteiger partial charge in [0.1, 0.15) is 0 Å². The highest BCUT2D eigenvalue weighted by molar-refractivity contribution is 6.14. The summed E-state index contributed by atoms with van der Waals surface area (Å²) in [7, 11) is 5.82. The fourth-order valence-corrected chi connectivity index (χ4v) is 2.41. The smallest absolute Gasteiger partial charge is 0.230 e. The van der Waals surface area contributed by atoms with Crippen molar-refractivity contribution in [2.24, 2.45) is 0 Å². The van der Waals surface area contributed by atoms with Crippen LogP contribution in [0.1, 0.15) is 37.3 Å². The molecule has 0 spiro atoms. The predicted octanol–water partition coefficient (Wildman–Crippen LogP) is 2.26. The maximum Gasteiger partial charge on any atom is 0.230 e. The van der Waals surface area contributed by atoms with Crippen molar-refractivity contribution in [3.05, 3.63) is 35.4 Å². The van der Waals surface area contributed by atoms with Crippen LogP contribution < -0.4 is 0 Å². The van der Waals surface area contributed by atoms with E-state index in [4.69, 9.17) is 7.98 Å². The average molecular weight is 227 g/mol. The number of aryl methyl sites for hydroxylation is 1. The molecule has 1 amide bonds. The van der Waals surface area contributed by atoms with Gasteiger partial charge in [0.25, 0.3) is 0 Å². The van der Waals surface area contributed by atoms with Crippen molar-refractivity contribution in [3.63, 3.8) is 0 Å². The Morgan fingerprint density at radius 2 is 2.18 bits per heavy atom. The number of carbonyl (C=O) groups excluding carboxylic acids is 1. The molecule has 1 fully saturated rings. The number of carbonyl (C=O) groups is 1. The lowest BCUT2D eigenvalue weighted by molar-refractivity contribution is -0.130. The highest BCUT2D eigenvalue weighted by atomic mass is 16.2. The zero-order chi connectivity index (χ0) is 12.3. The molecule has 1 heterocycles. The van der Waals surface area contributed by atoms with E-state index in [1.807, 2.05) is 0 Å². The van der Waals surface area contributed by atoms with Gasteiger partial charge in [-0.3, -0.25) is 4.79 Å². The van der Waals surface area contributed by atoms with Crippen LogP contribution in [0.4, 0.5) is 0 Å². The topological polar surface area (TPSA) is 20.3 Å². The minimum atomic E-state index is 0.0768. The summed E-state index contributed by atoms with van der Waals surface area (Å²) in [6.45, 7) is 2.15. The highest BCUT2D eigenvalue weighted by Gasteiger charge is 2.23. The summed E-state index contributed by atoms with van der Waals surface area (Å²) in [5, 5.41) is 0. The molecule has 0 N–H and O–H groups in total. The van der Waals surface area contributed by atoms with Crippen LogP contribution in [0.3, 0.4) is 0 Å². The first-order valence-electron chi connectivity index (χ1n) is 6.35. The summed E-state index contributed by atoms with van der Waals surface area (Å²) in [4.78, 5) is 13.0. The van der Waals surface area contributed by atoms with E-state index in [1.54, 1.807) is 0 Å². The van der Waals surface area contributed by atoms with Gasteiger partial charge in [0, 0.05) is 12.5 Å². The van der Waals surface area contributed by atoms with Crippen LogP contribution >= 0.6 is 0 Å². The third-order valence-corrected chi connectivity index (χ3v) is 3.48. The van der Waals surface area contributed by atoms with E-state index in [0.29, 0.717) is 6.42 Å². The standard InChI is InChI=1S/C14H18BNO/c1-2-11-5-3-6-12(9-11)10-13-7-4-8-14(17)16(13)15/h3,5-6,9,13H,2,4,7-8,10H2,1H3. The van der Waals surface area contributed by atoms with Crippen molar-refractivity contribution in [3.8, 4) is 0 Å². The van der Waals surface area contributed by atoms with Crippen molar-refractivity contribution in [1.29, 1.82) is 0 Å². The first-order chi connectivity index (χ1) is 8.20. The minimum absolute atomic E-state index is 0.0768. The van der Waals surface area contributed by atoms with E-state index in [0.717, 1.165) is 25.7 Å². The third kappa shape index (κ3) is 2.90. The SMILES string of the molecule is [B]N1C(=O)CCCC1Cc1cccc(CC)c1. The average Bonchev–Trinajstić information content (AvgIpc) is 2.35. The molecule has 1 aromatic rings. The monoisotopic (exact) mass is 227 g/mol. The molecule has 0 aliphatic carbocycles. The Balaban J connectivity index is 2.06. The zero-order valence-corrected chi connectivity index (χ0v) is 10.4. The number of nitrogens with zero attached hydrogens (tertiary/aromatic N) is 1. The second-order valence-corrected chi connectivity index (χ2v) is 4.72. The quantitative estimate of drug-likeness (QED) is 0.725. The van der Waals surface area contributed by atoms with Gasteiger partial charge in [-0.25, -0.2) is 0 Å². The van der Waals surface area contributed by atoms with E-state index in [2.05, 4.69) is 31.2 Å². The lowest BCUT2D eigenvalue weighted by Crippen LogP contribution is -2.42. The summed E-state index contributed by atoms with van der Waals surface area (Å²) in [5.41, 5.74) is 2.62. The van der Waals surface area contributed by atoms with Gasteiger partial charge in [0.15, 0.2) is 0 Å². The molecule has 1 aromatic carbocycles. The first kappa shape index (κ1) is 12.2. The van der Waals surface area contributed by atoms with Crippen LogP contribution in [0.5, 0.6) is 0 Å². The van der Waals surface area contributed by atoms with Crippen LogP contribution in [-0.4, -0.2) is 24.7 Å². The lowest BCUT2D eigenvalue weighted by atomic mass is 9.92. The number of piperidine rings is 1. The minimum Gasteiger partial charge on any atom is -0.394 e. The Morgan fingerprint density at radius 1 is 1.41 bits per heavy atom. The van der Waals surface area contributed by atoms with Crippen LogP contribution in [0.15, 0.2) is 24.3 Å². The molecule has 88 valence electrons. The predicted molar refractivity (Wildman–Crippen MR) is 69.8 cm³/mol. The van der Waals surface area contributed by atoms with Gasteiger partial charge in [0.2, 0.25) is 13.9 Å². The summed E-state index contributed by atoms with van der Waals surface area (Å²) in [6.07, 6.45) is 4.49. The Morgan fingerprint density at radius 3 is 2.94 bits per heavy atom. The molecule has 17 heavy (non-hydrogen) atoms. The fraction of sp³-hybridized carbons (Fsp3) is 0.500. The molecule has 1 aliphatic rings. The Hall–Kier alpha value is -1.25. The maximum absolute atomic E-state index is 11.5. The van der Waals surface area contributed by atoms with E-state index < -0.39 is 0 Å². The van der Waals surface area contributed by atoms with Crippen LogP contribution in [-0.2, 0) is 17.6 Å². The molecule has 2 rings (SSSR count). The lowest BCUT2D eigenvalue weighted by Gasteiger charge is -2.33. The zero-order valence-electron chi connectivity index (χ0n) is 10.4. The highest BCUT2D eigenvalue weighted by Crippen LogP contribution is 2.20. The van der Waals surface area contributed by atoms with Gasteiger partial charge >= 0.3 is 0 Å². The number of benzene rings is 1. The summed E-state index contributed by atoms with van der Waals surface area (Å²) >= 11 is 0. The molecule has 1 aliphatic heterocycles. The van der Waals surface area contributed by atoms with Crippen LogP contribution in [0.25, 0.3) is 0 Å². The van der Waals surface area contributed by atoms with Gasteiger partial charge in [-0.15, -0.1) is 0 Å². The van der Waals surface area contributed by atoms with Crippen molar-refractivity contribution in [1.82, 2.24) is 4.81 Å². The molecular formula is C14H18BNO. The maximum atomic E-state index is 11.5. The van der Waals surface area contributed by atoms with Gasteiger partial charge in [-0.05, 0) is 36.8 Å². The molecule has 2 nitrogen and oxygen atoms in total. The number of amides is 1.